The molecule has 0 saturated carbocycles. The van der Waals surface area contributed by atoms with Crippen molar-refractivity contribution < 1.29 is 29.5 Å². The van der Waals surface area contributed by atoms with Crippen LogP contribution >= 0.6 is 31.9 Å². The molecule has 0 aromatic heterocycles. The maximum absolute atomic E-state index is 10.7. The topological polar surface area (TPSA) is 88.4 Å². The van der Waals surface area contributed by atoms with E-state index in [0.29, 0.717) is 5.75 Å². The van der Waals surface area contributed by atoms with Crippen LogP contribution in [0.15, 0.2) is 69.6 Å². The van der Waals surface area contributed by atoms with Gasteiger partial charge in [0.25, 0.3) is 0 Å². The largest absolute Gasteiger partial charge is 0.497 e. The predicted molar refractivity (Wildman–Crippen MR) is 168 cm³/mol. The summed E-state index contributed by atoms with van der Waals surface area (Å²) in [6.45, 7) is -0.383. The third-order valence-corrected chi connectivity index (χ3v) is 10.7. The van der Waals surface area contributed by atoms with Gasteiger partial charge >= 0.3 is 0 Å². The molecule has 0 radical (unpaired) electrons. The van der Waals surface area contributed by atoms with Crippen molar-refractivity contribution in [3.8, 4) is 17.2 Å². The van der Waals surface area contributed by atoms with Crippen molar-refractivity contribution in [2.75, 3.05) is 21.3 Å². The maximum Gasteiger partial charge on any atom is 0.137 e. The van der Waals surface area contributed by atoms with Crippen molar-refractivity contribution >= 4 is 31.9 Å². The molecule has 0 saturated heterocycles. The molecular weight excluding hydrogens is 664 g/mol. The van der Waals surface area contributed by atoms with Crippen LogP contribution in [0.25, 0.3) is 0 Å². The molecule has 0 fully saturated rings. The summed E-state index contributed by atoms with van der Waals surface area (Å²) >= 11 is 7.84. The third kappa shape index (κ3) is 4.38. The average molecular weight is 696 g/mol. The van der Waals surface area contributed by atoms with E-state index in [4.69, 9.17) is 14.2 Å². The zero-order chi connectivity index (χ0) is 29.7. The third-order valence-electron chi connectivity index (χ3n) is 8.95. The normalized spacial score (nSPS) is 20.2. The highest BCUT2D eigenvalue weighted by atomic mass is 79.9. The van der Waals surface area contributed by atoms with E-state index < -0.39 is 0 Å². The molecule has 2 bridgehead atoms. The Balaban J connectivity index is 1.77. The van der Waals surface area contributed by atoms with Crippen molar-refractivity contribution in [2.24, 2.45) is 0 Å². The zero-order valence-corrected chi connectivity index (χ0v) is 26.7. The Labute approximate surface area is 262 Å². The second kappa shape index (κ2) is 11.7. The molecule has 4 atom stereocenters. The first-order valence-electron chi connectivity index (χ1n) is 13.8. The van der Waals surface area contributed by atoms with Crippen molar-refractivity contribution in [2.45, 2.75) is 43.5 Å². The minimum Gasteiger partial charge on any atom is -0.497 e. The van der Waals surface area contributed by atoms with Gasteiger partial charge in [0.05, 0.1) is 45.6 Å². The fourth-order valence-corrected chi connectivity index (χ4v) is 8.67. The summed E-state index contributed by atoms with van der Waals surface area (Å²) in [4.78, 5) is 0. The van der Waals surface area contributed by atoms with Gasteiger partial charge in [0, 0.05) is 39.8 Å². The highest BCUT2D eigenvalue weighted by Gasteiger charge is 2.55. The van der Waals surface area contributed by atoms with E-state index in [0.717, 1.165) is 70.5 Å². The van der Waals surface area contributed by atoms with E-state index in [1.165, 1.54) is 0 Å². The summed E-state index contributed by atoms with van der Waals surface area (Å²) in [6, 6.07) is 20.1. The summed E-state index contributed by atoms with van der Waals surface area (Å²) in [5.41, 5.74) is 8.78. The second-order valence-electron chi connectivity index (χ2n) is 10.8. The first-order valence-corrected chi connectivity index (χ1v) is 15.3. The first kappa shape index (κ1) is 29.2. The minimum atomic E-state index is -0.170. The molecule has 6 nitrogen and oxygen atoms in total. The van der Waals surface area contributed by atoms with Gasteiger partial charge in [0.15, 0.2) is 0 Å². The quantitative estimate of drug-likeness (QED) is 0.187. The Kier molecular flexibility index (Phi) is 8.11. The molecule has 0 aliphatic heterocycles. The number of hydrogen-bond acceptors (Lipinski definition) is 6. The molecule has 4 aromatic carbocycles. The highest BCUT2D eigenvalue weighted by molar-refractivity contribution is 9.11. The number of benzene rings is 4. The number of hydrogen-bond donors (Lipinski definition) is 3. The average Bonchev–Trinajstić information content (AvgIpc) is 3.30. The maximum atomic E-state index is 10.7. The summed E-state index contributed by atoms with van der Waals surface area (Å²) < 4.78 is 19.1. The van der Waals surface area contributed by atoms with Gasteiger partial charge in [-0.05, 0) is 78.6 Å². The van der Waals surface area contributed by atoms with Crippen molar-refractivity contribution in [1.82, 2.24) is 0 Å². The van der Waals surface area contributed by atoms with Gasteiger partial charge in [-0.3, -0.25) is 0 Å². The number of aliphatic hydroxyl groups excluding tert-OH is 3. The van der Waals surface area contributed by atoms with Gasteiger partial charge in [0.1, 0.15) is 17.2 Å². The van der Waals surface area contributed by atoms with E-state index in [1.54, 1.807) is 21.3 Å². The van der Waals surface area contributed by atoms with E-state index in [-0.39, 0.29) is 43.5 Å². The minimum absolute atomic E-state index is 0.0185. The van der Waals surface area contributed by atoms with Crippen LogP contribution in [0.1, 0.15) is 73.7 Å². The Morgan fingerprint density at radius 1 is 0.571 bits per heavy atom. The van der Waals surface area contributed by atoms with Crippen LogP contribution in [-0.2, 0) is 19.8 Å². The zero-order valence-electron chi connectivity index (χ0n) is 23.5. The van der Waals surface area contributed by atoms with Crippen molar-refractivity contribution in [3.63, 3.8) is 0 Å². The van der Waals surface area contributed by atoms with Crippen molar-refractivity contribution in [3.05, 3.63) is 120 Å². The van der Waals surface area contributed by atoms with E-state index >= 15 is 0 Å². The van der Waals surface area contributed by atoms with E-state index in [1.807, 2.05) is 36.4 Å². The van der Waals surface area contributed by atoms with Gasteiger partial charge in [0.2, 0.25) is 0 Å². The predicted octanol–water partition coefficient (Wildman–Crippen LogP) is 6.87. The molecule has 2 aliphatic rings. The molecule has 2 aliphatic carbocycles. The monoisotopic (exact) mass is 694 g/mol. The Hall–Kier alpha value is -2.88. The fourth-order valence-electron chi connectivity index (χ4n) is 7.21. The van der Waals surface area contributed by atoms with Crippen LogP contribution in [0, 0.1) is 0 Å². The van der Waals surface area contributed by atoms with Crippen LogP contribution in [0.5, 0.6) is 17.2 Å². The lowest BCUT2D eigenvalue weighted by atomic mass is 9.62. The first-order chi connectivity index (χ1) is 20.4. The van der Waals surface area contributed by atoms with Gasteiger partial charge in [-0.2, -0.15) is 0 Å². The van der Waals surface area contributed by atoms with E-state index in [2.05, 4.69) is 56.1 Å². The lowest BCUT2D eigenvalue weighted by Crippen LogP contribution is -2.28. The molecule has 0 heterocycles. The Bertz CT molecular complexity index is 1630. The lowest BCUT2D eigenvalue weighted by Gasteiger charge is -2.41. The Morgan fingerprint density at radius 3 is 1.79 bits per heavy atom. The number of rotatable bonds is 8. The van der Waals surface area contributed by atoms with Crippen molar-refractivity contribution in [1.29, 1.82) is 0 Å². The molecule has 3 unspecified atom stereocenters. The van der Waals surface area contributed by atoms with Crippen LogP contribution in [0.2, 0.25) is 0 Å². The summed E-state index contributed by atoms with van der Waals surface area (Å²) in [5.74, 6) is 1.79. The molecule has 3 N–H and O–H groups in total. The number of halogens is 2. The Morgan fingerprint density at radius 2 is 1.21 bits per heavy atom. The molecule has 6 rings (SSSR count). The lowest BCUT2D eigenvalue weighted by molar-refractivity contribution is 0.271. The van der Waals surface area contributed by atoms with Gasteiger partial charge in [-0.25, -0.2) is 0 Å². The van der Waals surface area contributed by atoms with Gasteiger partial charge < -0.3 is 29.5 Å². The SMILES string of the molecule is COc1ccc(C2C3c4c(OC)cc(OC)c(Br)c4C2[C@H](c2ccc(CO)cc2)c2c(CO)cc(CO)c(Br)c23)cc1. The van der Waals surface area contributed by atoms with E-state index in [9.17, 15) is 15.3 Å². The van der Waals surface area contributed by atoms with Gasteiger partial charge in [-0.15, -0.1) is 0 Å². The summed E-state index contributed by atoms with van der Waals surface area (Å²) in [6.07, 6.45) is 0. The van der Waals surface area contributed by atoms with Crippen LogP contribution < -0.4 is 14.2 Å². The van der Waals surface area contributed by atoms with Crippen LogP contribution in [0.4, 0.5) is 0 Å². The number of aliphatic hydroxyl groups is 3. The second-order valence-corrected chi connectivity index (χ2v) is 12.3. The van der Waals surface area contributed by atoms with Crippen LogP contribution in [0.3, 0.4) is 0 Å². The molecule has 8 heteroatoms. The molecule has 218 valence electrons. The van der Waals surface area contributed by atoms with Crippen LogP contribution in [-0.4, -0.2) is 36.6 Å². The smallest absolute Gasteiger partial charge is 0.137 e. The fraction of sp³-hybridized carbons (Fsp3) is 0.294. The number of ether oxygens (including phenoxy) is 3. The number of methoxy groups -OCH3 is 3. The van der Waals surface area contributed by atoms with Gasteiger partial charge in [-0.1, -0.05) is 52.3 Å². The molecule has 42 heavy (non-hydrogen) atoms. The molecule has 0 amide bonds. The molecular formula is C34H32Br2O6. The molecule has 4 aromatic rings. The standard InChI is InChI=1S/C34H32Br2O6/c1-40-22-10-8-19(9-11-22)26-29-25(18-6-4-17(14-37)5-7-18)27-20(15-38)12-21(16-39)33(35)31(27)30(26)28-23(41-2)13-24(42-3)34(36)32(28)29/h4-13,25-26,29-30,37-39H,14-16H2,1-3H3/t25-,26?,29?,30?/m1/s1. The number of fused-ring (bicyclic) bond motifs is 7. The summed E-state index contributed by atoms with van der Waals surface area (Å²) in [7, 11) is 5.00. The summed E-state index contributed by atoms with van der Waals surface area (Å²) in [5, 5.41) is 30.9. The molecule has 0 spiro atoms. The highest BCUT2D eigenvalue weighted by Crippen LogP contribution is 2.70.